The molecule has 0 aliphatic rings. The van der Waals surface area contributed by atoms with Gasteiger partial charge in [0, 0.05) is 37.5 Å². The van der Waals surface area contributed by atoms with Gasteiger partial charge < -0.3 is 9.84 Å². The van der Waals surface area contributed by atoms with Crippen molar-refractivity contribution in [3.63, 3.8) is 0 Å². The van der Waals surface area contributed by atoms with E-state index in [1.807, 2.05) is 57.7 Å². The van der Waals surface area contributed by atoms with Crippen LogP contribution in [0.2, 0.25) is 0 Å². The third-order valence-electron chi connectivity index (χ3n) is 3.27. The maximum atomic E-state index is 10.4. The van der Waals surface area contributed by atoms with Crippen molar-refractivity contribution >= 4 is 0 Å². The van der Waals surface area contributed by atoms with E-state index in [4.69, 9.17) is 4.74 Å². The van der Waals surface area contributed by atoms with Crippen LogP contribution in [0.15, 0.2) is 36.7 Å². The molecule has 1 atom stereocenters. The van der Waals surface area contributed by atoms with E-state index >= 15 is 0 Å². The highest BCUT2D eigenvalue weighted by atomic mass is 16.5. The summed E-state index contributed by atoms with van der Waals surface area (Å²) in [5.41, 5.74) is 1.96. The molecule has 0 radical (unpaired) electrons. The van der Waals surface area contributed by atoms with E-state index in [0.29, 0.717) is 13.2 Å². The molecule has 0 aliphatic heterocycles. The van der Waals surface area contributed by atoms with Crippen LogP contribution in [0.3, 0.4) is 0 Å². The van der Waals surface area contributed by atoms with Crippen molar-refractivity contribution < 1.29 is 9.84 Å². The van der Waals surface area contributed by atoms with Crippen molar-refractivity contribution in [2.45, 2.75) is 19.6 Å². The van der Waals surface area contributed by atoms with Crippen LogP contribution in [0, 0.1) is 0 Å². The SMILES string of the molecule is CCOc1ccccc1C(O)CN(C)Cc1cnn(C)c1. The van der Waals surface area contributed by atoms with Gasteiger partial charge in [-0.15, -0.1) is 0 Å². The molecule has 0 saturated heterocycles. The second-order valence-corrected chi connectivity index (χ2v) is 5.21. The summed E-state index contributed by atoms with van der Waals surface area (Å²) >= 11 is 0. The molecular weight excluding hydrogens is 266 g/mol. The lowest BCUT2D eigenvalue weighted by Gasteiger charge is -2.21. The third-order valence-corrected chi connectivity index (χ3v) is 3.27. The van der Waals surface area contributed by atoms with Crippen LogP contribution in [-0.4, -0.2) is 40.0 Å². The lowest BCUT2D eigenvalue weighted by Crippen LogP contribution is -2.24. The van der Waals surface area contributed by atoms with Crippen molar-refractivity contribution in [2.24, 2.45) is 7.05 Å². The average molecular weight is 289 g/mol. The number of nitrogens with zero attached hydrogens (tertiary/aromatic N) is 3. The first-order valence-electron chi connectivity index (χ1n) is 7.16. The highest BCUT2D eigenvalue weighted by Crippen LogP contribution is 2.25. The average Bonchev–Trinajstić information content (AvgIpc) is 2.84. The van der Waals surface area contributed by atoms with Crippen LogP contribution in [0.4, 0.5) is 0 Å². The summed E-state index contributed by atoms with van der Waals surface area (Å²) in [5.74, 6) is 0.752. The zero-order chi connectivity index (χ0) is 15.2. The molecule has 0 fully saturated rings. The molecule has 0 bridgehead atoms. The third kappa shape index (κ3) is 4.31. The van der Waals surface area contributed by atoms with Crippen LogP contribution < -0.4 is 4.74 Å². The highest BCUT2D eigenvalue weighted by molar-refractivity contribution is 5.35. The summed E-state index contributed by atoms with van der Waals surface area (Å²) in [6, 6.07) is 7.64. The molecule has 5 heteroatoms. The van der Waals surface area contributed by atoms with Crippen molar-refractivity contribution in [3.8, 4) is 5.75 Å². The van der Waals surface area contributed by atoms with Crippen molar-refractivity contribution in [2.75, 3.05) is 20.2 Å². The van der Waals surface area contributed by atoms with E-state index in [9.17, 15) is 5.11 Å². The van der Waals surface area contributed by atoms with Gasteiger partial charge in [-0.3, -0.25) is 9.58 Å². The Morgan fingerprint density at radius 3 is 2.81 bits per heavy atom. The number of aryl methyl sites for hydroxylation is 1. The van der Waals surface area contributed by atoms with Gasteiger partial charge in [-0.25, -0.2) is 0 Å². The first-order valence-corrected chi connectivity index (χ1v) is 7.16. The minimum atomic E-state index is -0.575. The molecule has 114 valence electrons. The van der Waals surface area contributed by atoms with Gasteiger partial charge >= 0.3 is 0 Å². The van der Waals surface area contributed by atoms with Gasteiger partial charge in [0.1, 0.15) is 5.75 Å². The van der Waals surface area contributed by atoms with E-state index in [1.165, 1.54) is 0 Å². The summed E-state index contributed by atoms with van der Waals surface area (Å²) in [6.45, 7) is 3.83. The molecule has 0 saturated carbocycles. The Morgan fingerprint density at radius 2 is 2.14 bits per heavy atom. The Balaban J connectivity index is 1.98. The molecule has 0 spiro atoms. The molecule has 5 nitrogen and oxygen atoms in total. The summed E-state index contributed by atoms with van der Waals surface area (Å²) < 4.78 is 7.35. The molecule has 2 rings (SSSR count). The number of para-hydroxylation sites is 1. The van der Waals surface area contributed by atoms with E-state index in [0.717, 1.165) is 23.4 Å². The number of likely N-dealkylation sites (N-methyl/N-ethyl adjacent to an activating group) is 1. The first kappa shape index (κ1) is 15.5. The normalized spacial score (nSPS) is 12.6. The van der Waals surface area contributed by atoms with Crippen molar-refractivity contribution in [1.29, 1.82) is 0 Å². The molecule has 1 heterocycles. The summed E-state index contributed by atoms with van der Waals surface area (Å²) in [6.07, 6.45) is 3.25. The van der Waals surface area contributed by atoms with E-state index in [1.54, 1.807) is 4.68 Å². The molecule has 1 unspecified atom stereocenters. The van der Waals surface area contributed by atoms with Crippen molar-refractivity contribution in [3.05, 3.63) is 47.8 Å². The zero-order valence-electron chi connectivity index (χ0n) is 12.9. The minimum Gasteiger partial charge on any atom is -0.493 e. The predicted molar refractivity (Wildman–Crippen MR) is 82.1 cm³/mol. The molecule has 0 aliphatic carbocycles. The Bertz CT molecular complexity index is 568. The second kappa shape index (κ2) is 7.24. The van der Waals surface area contributed by atoms with Crippen LogP contribution in [0.25, 0.3) is 0 Å². The number of hydrogen-bond donors (Lipinski definition) is 1. The van der Waals surface area contributed by atoms with Crippen LogP contribution in [-0.2, 0) is 13.6 Å². The molecule has 21 heavy (non-hydrogen) atoms. The van der Waals surface area contributed by atoms with Gasteiger partial charge in [0.25, 0.3) is 0 Å². The first-order chi connectivity index (χ1) is 10.1. The molecule has 1 N–H and O–H groups in total. The fraction of sp³-hybridized carbons (Fsp3) is 0.438. The lowest BCUT2D eigenvalue weighted by molar-refractivity contribution is 0.120. The van der Waals surface area contributed by atoms with Gasteiger partial charge in [0.2, 0.25) is 0 Å². The Labute approximate surface area is 125 Å². The summed E-state index contributed by atoms with van der Waals surface area (Å²) in [7, 11) is 3.89. The number of aromatic nitrogens is 2. The van der Waals surface area contributed by atoms with E-state index in [-0.39, 0.29) is 0 Å². The number of aliphatic hydroxyl groups is 1. The number of hydrogen-bond acceptors (Lipinski definition) is 4. The summed E-state index contributed by atoms with van der Waals surface area (Å²) in [4.78, 5) is 2.07. The maximum absolute atomic E-state index is 10.4. The second-order valence-electron chi connectivity index (χ2n) is 5.21. The van der Waals surface area contributed by atoms with Gasteiger partial charge in [0.05, 0.1) is 18.9 Å². The molecule has 1 aromatic carbocycles. The quantitative estimate of drug-likeness (QED) is 0.847. The topological polar surface area (TPSA) is 50.5 Å². The fourth-order valence-electron chi connectivity index (χ4n) is 2.37. The largest absolute Gasteiger partial charge is 0.493 e. The highest BCUT2D eigenvalue weighted by Gasteiger charge is 2.15. The molecule has 2 aromatic rings. The van der Waals surface area contributed by atoms with Crippen LogP contribution >= 0.6 is 0 Å². The van der Waals surface area contributed by atoms with Crippen molar-refractivity contribution in [1.82, 2.24) is 14.7 Å². The Kier molecular flexibility index (Phi) is 5.36. The standard InChI is InChI=1S/C16H23N3O2/c1-4-21-16-8-6-5-7-14(16)15(20)12-18(2)10-13-9-17-19(3)11-13/h5-9,11,15,20H,4,10,12H2,1-3H3. The van der Waals surface area contributed by atoms with Crippen LogP contribution in [0.5, 0.6) is 5.75 Å². The molecule has 0 amide bonds. The van der Waals surface area contributed by atoms with E-state index < -0.39 is 6.10 Å². The molecule has 1 aromatic heterocycles. The molecular formula is C16H23N3O2. The van der Waals surface area contributed by atoms with Crippen LogP contribution in [0.1, 0.15) is 24.2 Å². The smallest absolute Gasteiger partial charge is 0.125 e. The Hall–Kier alpha value is -1.85. The summed E-state index contributed by atoms with van der Waals surface area (Å²) in [5, 5.41) is 14.6. The lowest BCUT2D eigenvalue weighted by atomic mass is 10.1. The number of ether oxygens (including phenoxy) is 1. The maximum Gasteiger partial charge on any atom is 0.125 e. The number of benzene rings is 1. The van der Waals surface area contributed by atoms with Gasteiger partial charge in [-0.2, -0.15) is 5.10 Å². The predicted octanol–water partition coefficient (Wildman–Crippen LogP) is 1.98. The monoisotopic (exact) mass is 289 g/mol. The van der Waals surface area contributed by atoms with E-state index in [2.05, 4.69) is 10.00 Å². The minimum absolute atomic E-state index is 0.541. The number of rotatable bonds is 7. The van der Waals surface area contributed by atoms with Gasteiger partial charge in [0.15, 0.2) is 0 Å². The fourth-order valence-corrected chi connectivity index (χ4v) is 2.37. The number of aliphatic hydroxyl groups excluding tert-OH is 1. The van der Waals surface area contributed by atoms with Gasteiger partial charge in [-0.05, 0) is 20.0 Å². The van der Waals surface area contributed by atoms with Gasteiger partial charge in [-0.1, -0.05) is 18.2 Å². The Morgan fingerprint density at radius 1 is 1.38 bits per heavy atom. The zero-order valence-corrected chi connectivity index (χ0v) is 12.9.